The Morgan fingerprint density at radius 3 is 1.75 bits per heavy atom. The molecule has 0 aromatic carbocycles. The van der Waals surface area contributed by atoms with Gasteiger partial charge in [-0.1, -0.05) is 0 Å². The Hall–Kier alpha value is -0.270. The number of aliphatic hydroxyl groups is 4. The van der Waals surface area contributed by atoms with Crippen molar-refractivity contribution in [2.75, 3.05) is 0 Å². The van der Waals surface area contributed by atoms with Crippen LogP contribution in [0.25, 0.3) is 0 Å². The molecule has 0 aromatic heterocycles. The zero-order chi connectivity index (χ0) is 14.8. The van der Waals surface area contributed by atoms with Crippen molar-refractivity contribution in [2.45, 2.75) is 23.5 Å². The van der Waals surface area contributed by atoms with Gasteiger partial charge in [-0.2, -0.15) is 0 Å². The molecule has 0 aromatic rings. The van der Waals surface area contributed by atoms with Crippen molar-refractivity contribution >= 4 is 21.4 Å². The van der Waals surface area contributed by atoms with Gasteiger partial charge in [0.2, 0.25) is 0 Å². The maximum Gasteiger partial charge on any atom is 0.487 e. The zero-order valence-electron chi connectivity index (χ0n) is 8.86. The predicted molar refractivity (Wildman–Crippen MR) is 46.5 cm³/mol. The van der Waals surface area contributed by atoms with Gasteiger partial charge < -0.3 is 20.4 Å². The molecule has 0 radical (unpaired) electrons. The molecule has 20 heavy (non-hydrogen) atoms. The van der Waals surface area contributed by atoms with Crippen LogP contribution in [0.3, 0.4) is 0 Å². The van der Waals surface area contributed by atoms with Crippen LogP contribution in [0.1, 0.15) is 0 Å². The molecule has 13 nitrogen and oxygen atoms in total. The fourth-order valence-electron chi connectivity index (χ4n) is 2.03. The van der Waals surface area contributed by atoms with Crippen molar-refractivity contribution in [1.82, 2.24) is 0 Å². The van der Waals surface area contributed by atoms with Crippen LogP contribution in [-0.4, -0.2) is 49.7 Å². The van der Waals surface area contributed by atoms with E-state index in [0.717, 1.165) is 0 Å². The maximum absolute atomic E-state index is 11.8. The van der Waals surface area contributed by atoms with Crippen molar-refractivity contribution in [3.05, 3.63) is 0 Å². The summed E-state index contributed by atoms with van der Waals surface area (Å²) in [6.07, 6.45) is 0. The molecule has 2 atom stereocenters. The van der Waals surface area contributed by atoms with Crippen molar-refractivity contribution in [3.8, 4) is 0 Å². The number of rotatable bonds is 1. The van der Waals surface area contributed by atoms with Gasteiger partial charge in [-0.25, -0.2) is 36.3 Å². The second kappa shape index (κ2) is 2.94. The lowest BCUT2D eigenvalue weighted by Gasteiger charge is -2.52. The van der Waals surface area contributed by atoms with Crippen molar-refractivity contribution < 1.29 is 61.5 Å². The number of fused-ring (bicyclic) bond motifs is 4. The first-order chi connectivity index (χ1) is 8.90. The molecule has 6 aliphatic rings. The predicted octanol–water partition coefficient (Wildman–Crippen LogP) is -2.40. The fraction of sp³-hybridized carbons (Fsp3) is 0.800. The van der Waals surface area contributed by atoms with Crippen LogP contribution in [-0.2, 0) is 41.1 Å². The van der Waals surface area contributed by atoms with Gasteiger partial charge in [-0.15, -0.1) is 0 Å². The lowest BCUT2D eigenvalue weighted by molar-refractivity contribution is -0.466. The van der Waals surface area contributed by atoms with Crippen LogP contribution in [0.5, 0.6) is 0 Å². The van der Waals surface area contributed by atoms with Crippen LogP contribution in [0.2, 0.25) is 0 Å². The summed E-state index contributed by atoms with van der Waals surface area (Å²) < 4.78 is 48.1. The van der Waals surface area contributed by atoms with Crippen molar-refractivity contribution in [2.24, 2.45) is 0 Å². The average Bonchev–Trinajstić information content (AvgIpc) is 2.52. The summed E-state index contributed by atoms with van der Waals surface area (Å²) in [5.74, 6) is -15.7. The summed E-state index contributed by atoms with van der Waals surface area (Å²) in [7, 11) is -9.01. The van der Waals surface area contributed by atoms with Crippen LogP contribution >= 0.6 is 15.6 Å². The minimum atomic E-state index is -4.60. The van der Waals surface area contributed by atoms with E-state index in [0.29, 0.717) is 0 Å². The van der Waals surface area contributed by atoms with E-state index >= 15 is 0 Å². The molecular weight excluding hydrogens is 330 g/mol. The Balaban J connectivity index is 1.84. The normalized spacial score (nSPS) is 67.5. The number of hydrogen-bond acceptors (Lipinski definition) is 13. The minimum absolute atomic E-state index is 1.94. The number of carbonyl (C=O) groups is 1. The summed E-state index contributed by atoms with van der Waals surface area (Å²) in [5.41, 5.74) is 0. The van der Waals surface area contributed by atoms with Gasteiger partial charge >= 0.3 is 39.2 Å². The molecule has 0 aliphatic carbocycles. The Morgan fingerprint density at radius 1 is 0.800 bits per heavy atom. The van der Waals surface area contributed by atoms with Crippen LogP contribution in [0.15, 0.2) is 0 Å². The molecule has 0 spiro atoms. The van der Waals surface area contributed by atoms with E-state index in [2.05, 4.69) is 27.1 Å². The van der Waals surface area contributed by atoms with E-state index < -0.39 is 44.9 Å². The van der Waals surface area contributed by atoms with Crippen LogP contribution < -0.4 is 0 Å². The number of Topliss-reactive ketones (excluding diaryl/α,β-unsaturated/α-hetero) is 1. The van der Waals surface area contributed by atoms with Crippen LogP contribution in [0.4, 0.5) is 0 Å². The third-order valence-electron chi connectivity index (χ3n) is 2.91. The number of ketones is 1. The molecule has 15 heteroatoms. The molecule has 4 bridgehead atoms. The number of phosphoric ester groups is 2. The lowest BCUT2D eigenvalue weighted by atomic mass is 9.97. The van der Waals surface area contributed by atoms with E-state index in [9.17, 15) is 34.4 Å². The van der Waals surface area contributed by atoms with Gasteiger partial charge in [-0.05, 0) is 0 Å². The highest BCUT2D eigenvalue weighted by Gasteiger charge is 2.93. The van der Waals surface area contributed by atoms with E-state index in [1.54, 1.807) is 0 Å². The van der Waals surface area contributed by atoms with Gasteiger partial charge in [-0.3, -0.25) is 4.79 Å². The first kappa shape index (κ1) is 13.4. The minimum Gasteiger partial charge on any atom is -0.355 e. The first-order valence-electron chi connectivity index (χ1n) is 4.78. The lowest BCUT2D eigenvalue weighted by Crippen LogP contribution is -2.78. The highest BCUT2D eigenvalue weighted by atomic mass is 31.2. The molecule has 4 N–H and O–H groups in total. The van der Waals surface area contributed by atoms with Gasteiger partial charge in [0, 0.05) is 0 Å². The molecule has 6 aliphatic heterocycles. The summed E-state index contributed by atoms with van der Waals surface area (Å²) in [6.45, 7) is 0. The molecule has 0 amide bonds. The molecular formula is C5H4O13P2. The van der Waals surface area contributed by atoms with Gasteiger partial charge in [0.05, 0.1) is 0 Å². The van der Waals surface area contributed by atoms with Crippen LogP contribution in [0, 0.1) is 0 Å². The third-order valence-corrected chi connectivity index (χ3v) is 5.77. The third kappa shape index (κ3) is 1.15. The zero-order valence-corrected chi connectivity index (χ0v) is 10.6. The topological polar surface area (TPSA) is 188 Å². The average molecular weight is 334 g/mol. The Bertz CT molecular complexity index is 635. The standard InChI is InChI=1S/C5H4O13P2/c6-1-2(7,13-19(11)14-3(1,8)15-19)4(9)5(10)17-20(12,16-4)18-5/h7-10H/t2-,3?,4+,5?,19?,20?/m0/s1. The number of carbonyl (C=O) groups excluding carboxylic acids is 1. The molecule has 6 saturated heterocycles. The first-order valence-corrected chi connectivity index (χ1v) is 7.71. The molecule has 0 unspecified atom stereocenters. The second-order valence-corrected chi connectivity index (χ2v) is 7.11. The molecule has 112 valence electrons. The van der Waals surface area contributed by atoms with E-state index in [4.69, 9.17) is 0 Å². The summed E-state index contributed by atoms with van der Waals surface area (Å²) in [6, 6.07) is 0. The molecule has 6 fully saturated rings. The molecule has 6 rings (SSSR count). The van der Waals surface area contributed by atoms with E-state index in [-0.39, 0.29) is 0 Å². The Kier molecular flexibility index (Phi) is 1.97. The fourth-order valence-corrected chi connectivity index (χ4v) is 4.92. The van der Waals surface area contributed by atoms with Gasteiger partial charge in [0.15, 0.2) is 0 Å². The van der Waals surface area contributed by atoms with Crippen molar-refractivity contribution in [3.63, 3.8) is 0 Å². The number of phosphoric acid groups is 2. The summed E-state index contributed by atoms with van der Waals surface area (Å²) >= 11 is 0. The van der Waals surface area contributed by atoms with Gasteiger partial charge in [0.1, 0.15) is 0 Å². The van der Waals surface area contributed by atoms with Crippen molar-refractivity contribution in [1.29, 1.82) is 0 Å². The van der Waals surface area contributed by atoms with E-state index in [1.807, 2.05) is 0 Å². The highest BCUT2D eigenvalue weighted by molar-refractivity contribution is 7.50. The monoisotopic (exact) mass is 334 g/mol. The Labute approximate surface area is 107 Å². The van der Waals surface area contributed by atoms with E-state index in [1.165, 1.54) is 0 Å². The maximum atomic E-state index is 11.8. The Morgan fingerprint density at radius 2 is 1.30 bits per heavy atom. The summed E-state index contributed by atoms with van der Waals surface area (Å²) in [5, 5.41) is 39.1. The highest BCUT2D eigenvalue weighted by Crippen LogP contribution is 2.81. The molecule has 6 heterocycles. The quantitative estimate of drug-likeness (QED) is 0.372. The smallest absolute Gasteiger partial charge is 0.355 e. The summed E-state index contributed by atoms with van der Waals surface area (Å²) in [4.78, 5) is 11.8. The SMILES string of the molecule is O=C1C2(O)OP(=O)(O2)O[C@]1(O)[C@@]1(O)OP2(=O)OC1(O)O2. The van der Waals surface area contributed by atoms with Gasteiger partial charge in [0.25, 0.3) is 5.78 Å². The second-order valence-electron chi connectivity index (χ2n) is 4.22. The largest absolute Gasteiger partial charge is 0.487 e. The molecule has 0 saturated carbocycles. The number of hydrogen-bond donors (Lipinski definition) is 4.